The van der Waals surface area contributed by atoms with Gasteiger partial charge in [-0.1, -0.05) is 25.8 Å². The van der Waals surface area contributed by atoms with E-state index in [2.05, 4.69) is 13.0 Å². The van der Waals surface area contributed by atoms with Crippen molar-refractivity contribution in [1.29, 1.82) is 0 Å². The first-order chi connectivity index (χ1) is 8.20. The van der Waals surface area contributed by atoms with E-state index >= 15 is 0 Å². The summed E-state index contributed by atoms with van der Waals surface area (Å²) >= 11 is 1.92. The largest absolute Gasteiger partial charge is 0.495 e. The van der Waals surface area contributed by atoms with Gasteiger partial charge in [0.1, 0.15) is 5.75 Å². The SMILES string of the molecule is COc1cccc(SC2CCCC(C)C2)c1N. The lowest BCUT2D eigenvalue weighted by molar-refractivity contribution is 0.394. The minimum atomic E-state index is 0.716. The maximum absolute atomic E-state index is 6.10. The standard InChI is InChI=1S/C14H21NOS/c1-10-5-3-6-11(9-10)17-13-8-4-7-12(16-2)14(13)15/h4,7-8,10-11H,3,5-6,9,15H2,1-2H3. The zero-order chi connectivity index (χ0) is 12.3. The fraction of sp³-hybridized carbons (Fsp3) is 0.571. The third-order valence-corrected chi connectivity index (χ3v) is 4.80. The van der Waals surface area contributed by atoms with Gasteiger partial charge in [0.2, 0.25) is 0 Å². The molecule has 0 heterocycles. The van der Waals surface area contributed by atoms with E-state index in [0.717, 1.165) is 17.4 Å². The normalized spacial score (nSPS) is 24.6. The molecular formula is C14H21NOS. The van der Waals surface area contributed by atoms with E-state index < -0.39 is 0 Å². The summed E-state index contributed by atoms with van der Waals surface area (Å²) in [5, 5.41) is 0.716. The molecule has 17 heavy (non-hydrogen) atoms. The summed E-state index contributed by atoms with van der Waals surface area (Å²) in [4.78, 5) is 1.17. The Balaban J connectivity index is 2.07. The van der Waals surface area contributed by atoms with Crippen LogP contribution in [0.15, 0.2) is 23.1 Å². The van der Waals surface area contributed by atoms with Crippen molar-refractivity contribution < 1.29 is 4.74 Å². The van der Waals surface area contributed by atoms with Crippen molar-refractivity contribution in [3.63, 3.8) is 0 Å². The van der Waals surface area contributed by atoms with Gasteiger partial charge in [-0.2, -0.15) is 0 Å². The summed E-state index contributed by atoms with van der Waals surface area (Å²) in [5.41, 5.74) is 6.89. The lowest BCUT2D eigenvalue weighted by atomic mass is 9.91. The van der Waals surface area contributed by atoms with E-state index in [9.17, 15) is 0 Å². The van der Waals surface area contributed by atoms with Gasteiger partial charge in [-0.05, 0) is 30.9 Å². The quantitative estimate of drug-likeness (QED) is 0.826. The average Bonchev–Trinajstić information content (AvgIpc) is 2.32. The first-order valence-corrected chi connectivity index (χ1v) is 7.17. The number of rotatable bonds is 3. The van der Waals surface area contributed by atoms with Crippen LogP contribution in [0.2, 0.25) is 0 Å². The van der Waals surface area contributed by atoms with E-state index in [1.165, 1.54) is 30.6 Å². The molecule has 0 amide bonds. The molecule has 1 aromatic carbocycles. The molecule has 0 saturated heterocycles. The molecular weight excluding hydrogens is 230 g/mol. The van der Waals surface area contributed by atoms with Crippen molar-refractivity contribution in [2.75, 3.05) is 12.8 Å². The molecule has 2 nitrogen and oxygen atoms in total. The van der Waals surface area contributed by atoms with Gasteiger partial charge in [-0.25, -0.2) is 0 Å². The molecule has 1 saturated carbocycles. The van der Waals surface area contributed by atoms with Crippen LogP contribution in [0.1, 0.15) is 32.6 Å². The predicted octanol–water partition coefficient (Wildman–Crippen LogP) is 3.95. The first-order valence-electron chi connectivity index (χ1n) is 6.30. The van der Waals surface area contributed by atoms with Crippen molar-refractivity contribution >= 4 is 17.4 Å². The van der Waals surface area contributed by atoms with E-state index in [1.54, 1.807) is 7.11 Å². The monoisotopic (exact) mass is 251 g/mol. The van der Waals surface area contributed by atoms with Crippen molar-refractivity contribution in [3.05, 3.63) is 18.2 Å². The lowest BCUT2D eigenvalue weighted by Crippen LogP contribution is -2.15. The molecule has 94 valence electrons. The summed E-state index contributed by atoms with van der Waals surface area (Å²) in [6, 6.07) is 6.04. The molecule has 0 spiro atoms. The van der Waals surface area contributed by atoms with E-state index in [0.29, 0.717) is 5.25 Å². The van der Waals surface area contributed by atoms with Crippen LogP contribution in [0.4, 0.5) is 5.69 Å². The fourth-order valence-corrected chi connectivity index (χ4v) is 3.92. The summed E-state index contributed by atoms with van der Waals surface area (Å²) in [6.45, 7) is 2.35. The number of thioether (sulfide) groups is 1. The van der Waals surface area contributed by atoms with Gasteiger partial charge in [0.05, 0.1) is 12.8 Å². The van der Waals surface area contributed by atoms with Crippen molar-refractivity contribution in [1.82, 2.24) is 0 Å². The molecule has 0 radical (unpaired) electrons. The van der Waals surface area contributed by atoms with Crippen LogP contribution in [0, 0.1) is 5.92 Å². The Kier molecular flexibility index (Phi) is 4.21. The molecule has 0 bridgehead atoms. The Morgan fingerprint density at radius 1 is 1.35 bits per heavy atom. The summed E-state index contributed by atoms with van der Waals surface area (Å²) in [6.07, 6.45) is 5.35. The number of hydrogen-bond acceptors (Lipinski definition) is 3. The van der Waals surface area contributed by atoms with Crippen molar-refractivity contribution in [3.8, 4) is 5.75 Å². The zero-order valence-electron chi connectivity index (χ0n) is 10.6. The minimum absolute atomic E-state index is 0.716. The second kappa shape index (κ2) is 5.67. The van der Waals surface area contributed by atoms with E-state index in [1.807, 2.05) is 23.9 Å². The maximum atomic E-state index is 6.10. The highest BCUT2D eigenvalue weighted by Crippen LogP contribution is 2.40. The van der Waals surface area contributed by atoms with E-state index in [4.69, 9.17) is 10.5 Å². The highest BCUT2D eigenvalue weighted by Gasteiger charge is 2.20. The second-order valence-corrected chi connectivity index (χ2v) is 6.23. The zero-order valence-corrected chi connectivity index (χ0v) is 11.4. The van der Waals surface area contributed by atoms with Gasteiger partial charge in [0.15, 0.2) is 0 Å². The van der Waals surface area contributed by atoms with Crippen LogP contribution < -0.4 is 10.5 Å². The maximum Gasteiger partial charge on any atom is 0.142 e. The summed E-state index contributed by atoms with van der Waals surface area (Å²) in [7, 11) is 1.67. The molecule has 2 atom stereocenters. The van der Waals surface area contributed by atoms with Gasteiger partial charge < -0.3 is 10.5 Å². The Labute approximate surface area is 108 Å². The predicted molar refractivity (Wildman–Crippen MR) is 74.7 cm³/mol. The third kappa shape index (κ3) is 3.09. The molecule has 1 aliphatic carbocycles. The molecule has 1 fully saturated rings. The molecule has 2 unspecified atom stereocenters. The number of ether oxygens (including phenoxy) is 1. The van der Waals surface area contributed by atoms with Gasteiger partial charge in [0.25, 0.3) is 0 Å². The van der Waals surface area contributed by atoms with E-state index in [-0.39, 0.29) is 0 Å². The van der Waals surface area contributed by atoms with Gasteiger partial charge in [0, 0.05) is 10.1 Å². The van der Waals surface area contributed by atoms with Crippen LogP contribution >= 0.6 is 11.8 Å². The number of nitrogen functional groups attached to an aromatic ring is 1. The molecule has 0 aromatic heterocycles. The van der Waals surface area contributed by atoms with Gasteiger partial charge in [-0.15, -0.1) is 11.8 Å². The molecule has 1 aliphatic rings. The lowest BCUT2D eigenvalue weighted by Gasteiger charge is -2.26. The Morgan fingerprint density at radius 2 is 2.18 bits per heavy atom. The molecule has 1 aromatic rings. The van der Waals surface area contributed by atoms with Gasteiger partial charge in [-0.3, -0.25) is 0 Å². The third-order valence-electron chi connectivity index (χ3n) is 3.43. The number of anilines is 1. The number of para-hydroxylation sites is 1. The number of hydrogen-bond donors (Lipinski definition) is 1. The van der Waals surface area contributed by atoms with Crippen LogP contribution in [0.3, 0.4) is 0 Å². The molecule has 0 aliphatic heterocycles. The average molecular weight is 251 g/mol. The van der Waals surface area contributed by atoms with Gasteiger partial charge >= 0.3 is 0 Å². The highest BCUT2D eigenvalue weighted by atomic mass is 32.2. The Bertz CT molecular complexity index is 380. The van der Waals surface area contributed by atoms with Crippen molar-refractivity contribution in [2.24, 2.45) is 5.92 Å². The Morgan fingerprint density at radius 3 is 2.88 bits per heavy atom. The smallest absolute Gasteiger partial charge is 0.142 e. The Hall–Kier alpha value is -0.830. The number of nitrogens with two attached hydrogens (primary N) is 1. The van der Waals surface area contributed by atoms with Crippen LogP contribution in [0.25, 0.3) is 0 Å². The fourth-order valence-electron chi connectivity index (χ4n) is 2.47. The number of benzene rings is 1. The molecule has 3 heteroatoms. The number of methoxy groups -OCH3 is 1. The van der Waals surface area contributed by atoms with Crippen LogP contribution in [-0.4, -0.2) is 12.4 Å². The van der Waals surface area contributed by atoms with Crippen LogP contribution in [0.5, 0.6) is 5.75 Å². The van der Waals surface area contributed by atoms with Crippen LogP contribution in [-0.2, 0) is 0 Å². The highest BCUT2D eigenvalue weighted by molar-refractivity contribution is 8.00. The second-order valence-electron chi connectivity index (χ2n) is 4.88. The summed E-state index contributed by atoms with van der Waals surface area (Å²) < 4.78 is 5.26. The molecule has 2 rings (SSSR count). The topological polar surface area (TPSA) is 35.2 Å². The summed E-state index contributed by atoms with van der Waals surface area (Å²) in [5.74, 6) is 1.65. The first kappa shape index (κ1) is 12.6. The van der Waals surface area contributed by atoms with Crippen molar-refractivity contribution in [2.45, 2.75) is 42.8 Å². The minimum Gasteiger partial charge on any atom is -0.495 e. The molecule has 2 N–H and O–H groups in total.